The van der Waals surface area contributed by atoms with E-state index in [-0.39, 0.29) is 31.1 Å². The highest BCUT2D eigenvalue weighted by Gasteiger charge is 2.54. The summed E-state index contributed by atoms with van der Waals surface area (Å²) < 4.78 is 44.9. The van der Waals surface area contributed by atoms with Gasteiger partial charge in [0, 0.05) is 24.6 Å². The van der Waals surface area contributed by atoms with Gasteiger partial charge >= 0.3 is 18.1 Å². The molecule has 144 valence electrons. The summed E-state index contributed by atoms with van der Waals surface area (Å²) in [6, 6.07) is -1.29. The molecule has 0 aromatic carbocycles. The number of carbonyl (C=O) groups is 2. The first-order chi connectivity index (χ1) is 11.5. The highest BCUT2D eigenvalue weighted by molar-refractivity contribution is 5.83. The number of hydrogen-bond acceptors (Lipinski definition) is 3. The van der Waals surface area contributed by atoms with Gasteiger partial charge in [-0.3, -0.25) is 9.59 Å². The number of amides is 1. The van der Waals surface area contributed by atoms with Crippen LogP contribution in [0.5, 0.6) is 0 Å². The number of nitrogens with zero attached hydrogens (tertiary/aromatic N) is 1. The lowest BCUT2D eigenvalue weighted by Gasteiger charge is -2.42. The van der Waals surface area contributed by atoms with Gasteiger partial charge in [-0.2, -0.15) is 13.2 Å². The Labute approximate surface area is 145 Å². The molecule has 1 saturated carbocycles. The molecule has 0 spiro atoms. The van der Waals surface area contributed by atoms with Gasteiger partial charge in [0.25, 0.3) is 0 Å². The molecular formula is C17H26F3NO4. The zero-order valence-electron chi connectivity index (χ0n) is 14.8. The van der Waals surface area contributed by atoms with Crippen molar-refractivity contribution in [2.45, 2.75) is 64.7 Å². The van der Waals surface area contributed by atoms with Gasteiger partial charge < -0.3 is 14.7 Å². The third-order valence-corrected chi connectivity index (χ3v) is 5.88. The van der Waals surface area contributed by atoms with E-state index in [2.05, 4.69) is 0 Å². The maximum atomic E-state index is 13.2. The van der Waals surface area contributed by atoms with Gasteiger partial charge in [-0.15, -0.1) is 0 Å². The molecule has 1 aliphatic heterocycles. The topological polar surface area (TPSA) is 66.8 Å². The second-order valence-electron chi connectivity index (χ2n) is 7.63. The molecule has 4 atom stereocenters. The minimum atomic E-state index is -4.97. The van der Waals surface area contributed by atoms with Crippen LogP contribution in [0.2, 0.25) is 0 Å². The van der Waals surface area contributed by atoms with Gasteiger partial charge in [-0.25, -0.2) is 0 Å². The number of rotatable bonds is 4. The van der Waals surface area contributed by atoms with Crippen molar-refractivity contribution >= 4 is 11.9 Å². The average Bonchev–Trinajstić information content (AvgIpc) is 2.95. The molecule has 1 amide bonds. The van der Waals surface area contributed by atoms with Crippen molar-refractivity contribution < 1.29 is 32.6 Å². The summed E-state index contributed by atoms with van der Waals surface area (Å²) in [5.41, 5.74) is -1.08. The molecule has 8 heteroatoms. The maximum Gasteiger partial charge on any atom is 0.471 e. The van der Waals surface area contributed by atoms with Gasteiger partial charge in [-0.1, -0.05) is 20.8 Å². The third kappa shape index (κ3) is 3.78. The number of hydrogen-bond donors (Lipinski definition) is 1. The zero-order chi connectivity index (χ0) is 19.0. The first-order valence-corrected chi connectivity index (χ1v) is 8.71. The number of alkyl halides is 3. The Morgan fingerprint density at radius 2 is 1.92 bits per heavy atom. The predicted molar refractivity (Wildman–Crippen MR) is 83.8 cm³/mol. The van der Waals surface area contributed by atoms with E-state index >= 15 is 0 Å². The molecule has 0 aromatic rings. The Bertz CT molecular complexity index is 523. The van der Waals surface area contributed by atoms with Crippen molar-refractivity contribution in [3.05, 3.63) is 0 Å². The fourth-order valence-electron chi connectivity index (χ4n) is 4.27. The normalized spacial score (nSPS) is 33.5. The van der Waals surface area contributed by atoms with E-state index in [4.69, 9.17) is 4.74 Å². The minimum absolute atomic E-state index is 0.0614. The van der Waals surface area contributed by atoms with Crippen molar-refractivity contribution in [3.63, 3.8) is 0 Å². The third-order valence-electron chi connectivity index (χ3n) is 5.88. The molecule has 1 heterocycles. The van der Waals surface area contributed by atoms with E-state index < -0.39 is 35.6 Å². The largest absolute Gasteiger partial charge is 0.481 e. The zero-order valence-corrected chi connectivity index (χ0v) is 14.8. The molecular weight excluding hydrogens is 339 g/mol. The number of aliphatic carboxylic acids is 1. The van der Waals surface area contributed by atoms with Gasteiger partial charge in [-0.05, 0) is 31.6 Å². The van der Waals surface area contributed by atoms with E-state index in [9.17, 15) is 27.9 Å². The molecule has 2 rings (SSSR count). The fraction of sp³-hybridized carbons (Fsp3) is 0.882. The predicted octanol–water partition coefficient (Wildman–Crippen LogP) is 3.08. The summed E-state index contributed by atoms with van der Waals surface area (Å²) in [7, 11) is 0. The number of carboxylic acid groups (broad SMARTS) is 1. The lowest BCUT2D eigenvalue weighted by Crippen LogP contribution is -2.56. The van der Waals surface area contributed by atoms with Crippen LogP contribution in [-0.4, -0.2) is 53.4 Å². The van der Waals surface area contributed by atoms with Crippen LogP contribution >= 0.6 is 0 Å². The van der Waals surface area contributed by atoms with Crippen molar-refractivity contribution in [1.82, 2.24) is 4.90 Å². The summed E-state index contributed by atoms with van der Waals surface area (Å²) in [5, 5.41) is 9.65. The Kier molecular flexibility index (Phi) is 5.71. The number of halogens is 3. The van der Waals surface area contributed by atoms with E-state index in [1.807, 2.05) is 0 Å². The second-order valence-corrected chi connectivity index (χ2v) is 7.63. The van der Waals surface area contributed by atoms with E-state index in [0.29, 0.717) is 19.6 Å². The molecule has 25 heavy (non-hydrogen) atoms. The van der Waals surface area contributed by atoms with Crippen LogP contribution in [0.3, 0.4) is 0 Å². The van der Waals surface area contributed by atoms with Crippen LogP contribution in [0.15, 0.2) is 0 Å². The highest BCUT2D eigenvalue weighted by atomic mass is 19.4. The molecule has 1 saturated heterocycles. The van der Waals surface area contributed by atoms with Crippen molar-refractivity contribution in [2.24, 2.45) is 17.3 Å². The SMILES string of the molecule is CC1COCCC1N(C(=O)C(F)(F)F)C1CC[C@@](C(=O)O)(C(C)C)C1. The summed E-state index contributed by atoms with van der Waals surface area (Å²) in [4.78, 5) is 24.9. The van der Waals surface area contributed by atoms with Gasteiger partial charge in [0.2, 0.25) is 0 Å². The van der Waals surface area contributed by atoms with E-state index in [0.717, 1.165) is 4.90 Å². The highest BCUT2D eigenvalue weighted by Crippen LogP contribution is 2.47. The summed E-state index contributed by atoms with van der Waals surface area (Å²) >= 11 is 0. The van der Waals surface area contributed by atoms with Crippen molar-refractivity contribution in [3.8, 4) is 0 Å². The second kappa shape index (κ2) is 7.13. The fourth-order valence-corrected chi connectivity index (χ4v) is 4.27. The Hall–Kier alpha value is -1.31. The van der Waals surface area contributed by atoms with Crippen LogP contribution in [0.25, 0.3) is 0 Å². The average molecular weight is 365 g/mol. The van der Waals surface area contributed by atoms with Gasteiger partial charge in [0.05, 0.1) is 12.0 Å². The minimum Gasteiger partial charge on any atom is -0.481 e. The number of ether oxygens (including phenoxy) is 1. The first kappa shape index (κ1) is 20.0. The Morgan fingerprint density at radius 1 is 1.28 bits per heavy atom. The van der Waals surface area contributed by atoms with Gasteiger partial charge in [0.1, 0.15) is 0 Å². The molecule has 1 aliphatic carbocycles. The summed E-state index contributed by atoms with van der Waals surface area (Å²) in [5.74, 6) is -3.30. The lowest BCUT2D eigenvalue weighted by atomic mass is 9.75. The molecule has 0 aromatic heterocycles. The van der Waals surface area contributed by atoms with Crippen molar-refractivity contribution in [2.75, 3.05) is 13.2 Å². The van der Waals surface area contributed by atoms with Crippen LogP contribution in [0.1, 0.15) is 46.5 Å². The molecule has 2 fully saturated rings. The number of carbonyl (C=O) groups excluding carboxylic acids is 1. The maximum absolute atomic E-state index is 13.2. The first-order valence-electron chi connectivity index (χ1n) is 8.71. The van der Waals surface area contributed by atoms with Gasteiger partial charge in [0.15, 0.2) is 0 Å². The van der Waals surface area contributed by atoms with E-state index in [1.165, 1.54) is 0 Å². The quantitative estimate of drug-likeness (QED) is 0.831. The van der Waals surface area contributed by atoms with Crippen LogP contribution in [-0.2, 0) is 14.3 Å². The Balaban J connectivity index is 2.33. The Morgan fingerprint density at radius 3 is 2.36 bits per heavy atom. The lowest BCUT2D eigenvalue weighted by molar-refractivity contribution is -0.194. The van der Waals surface area contributed by atoms with Crippen LogP contribution < -0.4 is 0 Å². The monoisotopic (exact) mass is 365 g/mol. The molecule has 2 aliphatic rings. The molecule has 0 bridgehead atoms. The van der Waals surface area contributed by atoms with E-state index in [1.54, 1.807) is 20.8 Å². The molecule has 0 radical (unpaired) electrons. The molecule has 5 nitrogen and oxygen atoms in total. The molecule has 1 N–H and O–H groups in total. The van der Waals surface area contributed by atoms with Crippen molar-refractivity contribution in [1.29, 1.82) is 0 Å². The summed E-state index contributed by atoms with van der Waals surface area (Å²) in [6.45, 7) is 5.90. The summed E-state index contributed by atoms with van der Waals surface area (Å²) in [6.07, 6.45) is -4.02. The smallest absolute Gasteiger partial charge is 0.471 e. The molecule has 3 unspecified atom stereocenters. The standard InChI is InChI=1S/C17H26F3NO4/c1-10(2)16(15(23)24)6-4-12(8-16)21(14(22)17(18,19)20)13-5-7-25-9-11(13)3/h10-13H,4-9H2,1-3H3,(H,23,24)/t11?,12?,13?,16-/m0/s1. The van der Waals surface area contributed by atoms with Crippen LogP contribution in [0, 0.1) is 17.3 Å². The number of carboxylic acids is 1. The van der Waals surface area contributed by atoms with Crippen LogP contribution in [0.4, 0.5) is 13.2 Å².